The van der Waals surface area contributed by atoms with Crippen molar-refractivity contribution in [1.29, 1.82) is 0 Å². The molecule has 0 unspecified atom stereocenters. The highest BCUT2D eigenvalue weighted by Crippen LogP contribution is 2.36. The van der Waals surface area contributed by atoms with Gasteiger partial charge in [0.1, 0.15) is 5.82 Å². The third-order valence-electron chi connectivity index (χ3n) is 3.76. The first-order chi connectivity index (χ1) is 10.4. The quantitative estimate of drug-likeness (QED) is 0.777. The fourth-order valence-corrected chi connectivity index (χ4v) is 3.36. The van der Waals surface area contributed by atoms with Crippen LogP contribution >= 0.6 is 11.3 Å². The van der Waals surface area contributed by atoms with E-state index in [1.807, 2.05) is 4.90 Å². The van der Waals surface area contributed by atoms with Crippen molar-refractivity contribution in [2.75, 3.05) is 18.0 Å². The maximum atomic E-state index is 12.9. The second-order valence-corrected chi connectivity index (χ2v) is 6.16. The summed E-state index contributed by atoms with van der Waals surface area (Å²) in [6.45, 7) is 1.24. The van der Waals surface area contributed by atoms with E-state index < -0.39 is 11.2 Å². The Hall–Kier alpha value is -1.70. The van der Waals surface area contributed by atoms with E-state index in [0.29, 0.717) is 35.5 Å². The largest absolute Gasteiger partial charge is 0.445 e. The van der Waals surface area contributed by atoms with Crippen molar-refractivity contribution in [1.82, 2.24) is 10.2 Å². The molecule has 0 bridgehead atoms. The highest BCUT2D eigenvalue weighted by molar-refractivity contribution is 7.15. The molecule has 1 aliphatic rings. The van der Waals surface area contributed by atoms with Crippen molar-refractivity contribution in [3.8, 4) is 0 Å². The van der Waals surface area contributed by atoms with Gasteiger partial charge in [-0.3, -0.25) is 0 Å². The molecule has 118 valence electrons. The van der Waals surface area contributed by atoms with E-state index in [1.54, 1.807) is 12.1 Å². The fraction of sp³-hybridized carbons (Fsp3) is 0.429. The van der Waals surface area contributed by atoms with Crippen LogP contribution in [0.2, 0.25) is 0 Å². The minimum absolute atomic E-state index is 0.269. The van der Waals surface area contributed by atoms with Crippen LogP contribution in [0.1, 0.15) is 29.3 Å². The van der Waals surface area contributed by atoms with Crippen LogP contribution < -0.4 is 4.90 Å². The summed E-state index contributed by atoms with van der Waals surface area (Å²) in [7, 11) is 0. The Kier molecular flexibility index (Phi) is 4.03. The number of anilines is 1. The van der Waals surface area contributed by atoms with Gasteiger partial charge in [-0.25, -0.2) is 4.39 Å². The van der Waals surface area contributed by atoms with Crippen molar-refractivity contribution in [3.05, 3.63) is 40.7 Å². The molecule has 1 fully saturated rings. The third-order valence-corrected chi connectivity index (χ3v) is 4.79. The first-order valence-electron chi connectivity index (χ1n) is 6.84. The Labute approximate surface area is 128 Å². The van der Waals surface area contributed by atoms with E-state index in [1.165, 1.54) is 12.1 Å². The number of nitrogens with zero attached hydrogens (tertiary/aromatic N) is 3. The molecule has 3 rings (SSSR count). The minimum atomic E-state index is -4.44. The monoisotopic (exact) mass is 331 g/mol. The van der Waals surface area contributed by atoms with Gasteiger partial charge in [0.15, 0.2) is 0 Å². The third kappa shape index (κ3) is 3.21. The predicted molar refractivity (Wildman–Crippen MR) is 75.5 cm³/mol. The zero-order chi connectivity index (χ0) is 15.7. The van der Waals surface area contributed by atoms with E-state index in [9.17, 15) is 17.6 Å². The summed E-state index contributed by atoms with van der Waals surface area (Å²) >= 11 is 0.574. The van der Waals surface area contributed by atoms with E-state index >= 15 is 0 Å². The van der Waals surface area contributed by atoms with Gasteiger partial charge in [0.05, 0.1) is 0 Å². The first-order valence-corrected chi connectivity index (χ1v) is 7.66. The van der Waals surface area contributed by atoms with Gasteiger partial charge in [-0.2, -0.15) is 13.2 Å². The number of rotatable bonds is 2. The van der Waals surface area contributed by atoms with Gasteiger partial charge >= 0.3 is 6.18 Å². The summed E-state index contributed by atoms with van der Waals surface area (Å²) in [6, 6.07) is 6.40. The molecule has 1 aliphatic heterocycles. The second kappa shape index (κ2) is 5.83. The van der Waals surface area contributed by atoms with E-state index in [-0.39, 0.29) is 5.82 Å². The Morgan fingerprint density at radius 1 is 1.05 bits per heavy atom. The fourth-order valence-electron chi connectivity index (χ4n) is 2.60. The Balaban J connectivity index is 1.64. The number of hydrogen-bond donors (Lipinski definition) is 0. The molecule has 0 saturated carbocycles. The molecule has 3 nitrogen and oxygen atoms in total. The molecule has 22 heavy (non-hydrogen) atoms. The average molecular weight is 331 g/mol. The Morgan fingerprint density at radius 2 is 1.68 bits per heavy atom. The van der Waals surface area contributed by atoms with Crippen LogP contribution in [0.5, 0.6) is 0 Å². The normalized spacial score (nSPS) is 17.0. The van der Waals surface area contributed by atoms with Gasteiger partial charge in [0.2, 0.25) is 10.1 Å². The van der Waals surface area contributed by atoms with Crippen LogP contribution in [0, 0.1) is 5.82 Å². The Morgan fingerprint density at radius 3 is 2.23 bits per heavy atom. The van der Waals surface area contributed by atoms with Gasteiger partial charge < -0.3 is 4.90 Å². The molecule has 1 aromatic carbocycles. The van der Waals surface area contributed by atoms with Gasteiger partial charge in [0.25, 0.3) is 0 Å². The maximum Gasteiger partial charge on any atom is 0.445 e. The summed E-state index contributed by atoms with van der Waals surface area (Å²) < 4.78 is 50.6. The molecule has 0 atom stereocenters. The molecule has 2 heterocycles. The highest BCUT2D eigenvalue weighted by Gasteiger charge is 2.36. The van der Waals surface area contributed by atoms with Gasteiger partial charge in [-0.15, -0.1) is 10.2 Å². The molecule has 2 aromatic rings. The summed E-state index contributed by atoms with van der Waals surface area (Å²) in [6.07, 6.45) is -2.85. The van der Waals surface area contributed by atoms with Crippen molar-refractivity contribution in [3.63, 3.8) is 0 Å². The van der Waals surface area contributed by atoms with Crippen LogP contribution in [-0.2, 0) is 6.18 Å². The molecule has 8 heteroatoms. The van der Waals surface area contributed by atoms with Crippen molar-refractivity contribution >= 4 is 16.5 Å². The van der Waals surface area contributed by atoms with Crippen molar-refractivity contribution < 1.29 is 17.6 Å². The van der Waals surface area contributed by atoms with Gasteiger partial charge in [-0.05, 0) is 36.5 Å². The van der Waals surface area contributed by atoms with Crippen LogP contribution in [0.3, 0.4) is 0 Å². The summed E-state index contributed by atoms with van der Waals surface area (Å²) in [5.41, 5.74) is 1.06. The number of benzene rings is 1. The molecule has 0 amide bonds. The Bertz CT molecular complexity index is 630. The van der Waals surface area contributed by atoms with E-state index in [4.69, 9.17) is 0 Å². The minimum Gasteiger partial charge on any atom is -0.347 e. The molecule has 0 aliphatic carbocycles. The van der Waals surface area contributed by atoms with Crippen LogP contribution in [0.4, 0.5) is 22.7 Å². The smallest absolute Gasteiger partial charge is 0.347 e. The van der Waals surface area contributed by atoms with E-state index in [0.717, 1.165) is 18.4 Å². The summed E-state index contributed by atoms with van der Waals surface area (Å²) in [5, 5.41) is 6.25. The number of piperidine rings is 1. The number of alkyl halides is 3. The second-order valence-electron chi connectivity index (χ2n) is 5.20. The molecular weight excluding hydrogens is 318 g/mol. The zero-order valence-electron chi connectivity index (χ0n) is 11.5. The lowest BCUT2D eigenvalue weighted by molar-refractivity contribution is -0.138. The molecular formula is C14H13F4N3S. The highest BCUT2D eigenvalue weighted by atomic mass is 32.1. The maximum absolute atomic E-state index is 12.9. The molecule has 1 saturated heterocycles. The molecule has 0 spiro atoms. The average Bonchev–Trinajstić information content (AvgIpc) is 2.98. The standard InChI is InChI=1S/C14H13F4N3S/c15-11-3-1-9(2-4-11)10-5-7-21(8-6-10)13-20-19-12(22-13)14(16,17)18/h1-4,10H,5-8H2. The summed E-state index contributed by atoms with van der Waals surface area (Å²) in [4.78, 5) is 1.83. The number of halogens is 4. The molecule has 0 N–H and O–H groups in total. The molecule has 0 radical (unpaired) electrons. The number of aromatic nitrogens is 2. The predicted octanol–water partition coefficient (Wildman–Crippen LogP) is 4.08. The molecule has 1 aromatic heterocycles. The van der Waals surface area contributed by atoms with Crippen LogP contribution in [-0.4, -0.2) is 23.3 Å². The lowest BCUT2D eigenvalue weighted by Gasteiger charge is -2.31. The lowest BCUT2D eigenvalue weighted by Crippen LogP contribution is -2.32. The van der Waals surface area contributed by atoms with E-state index in [2.05, 4.69) is 10.2 Å². The lowest BCUT2D eigenvalue weighted by atomic mass is 9.90. The summed E-state index contributed by atoms with van der Waals surface area (Å²) in [5.74, 6) is 0.0292. The number of hydrogen-bond acceptors (Lipinski definition) is 4. The van der Waals surface area contributed by atoms with Gasteiger partial charge in [-0.1, -0.05) is 23.5 Å². The van der Waals surface area contributed by atoms with Crippen molar-refractivity contribution in [2.24, 2.45) is 0 Å². The zero-order valence-corrected chi connectivity index (χ0v) is 12.3. The van der Waals surface area contributed by atoms with Gasteiger partial charge in [0, 0.05) is 13.1 Å². The van der Waals surface area contributed by atoms with Crippen LogP contribution in [0.25, 0.3) is 0 Å². The SMILES string of the molecule is Fc1ccc(C2CCN(c3nnc(C(F)(F)F)s3)CC2)cc1. The van der Waals surface area contributed by atoms with Crippen molar-refractivity contribution in [2.45, 2.75) is 24.9 Å². The first kappa shape index (κ1) is 15.2. The van der Waals surface area contributed by atoms with Crippen LogP contribution in [0.15, 0.2) is 24.3 Å². The topological polar surface area (TPSA) is 29.0 Å².